The molecule has 0 radical (unpaired) electrons. The molecule has 0 unspecified atom stereocenters. The van der Waals surface area contributed by atoms with Gasteiger partial charge in [-0.25, -0.2) is 4.98 Å². The van der Waals surface area contributed by atoms with Crippen LogP contribution in [0.4, 0.5) is 0 Å². The number of hydrogen-bond acceptors (Lipinski definition) is 4. The highest BCUT2D eigenvalue weighted by atomic mass is 16.3. The number of aromatic nitrogens is 3. The van der Waals surface area contributed by atoms with Gasteiger partial charge in [0.05, 0.1) is 23.3 Å². The third kappa shape index (κ3) is 2.80. The summed E-state index contributed by atoms with van der Waals surface area (Å²) in [7, 11) is 1.81. The van der Waals surface area contributed by atoms with E-state index in [1.54, 1.807) is 21.7 Å². The number of aryl methyl sites for hydroxylation is 3. The Balaban J connectivity index is 2.59. The van der Waals surface area contributed by atoms with Crippen LogP contribution in [0.3, 0.4) is 0 Å². The van der Waals surface area contributed by atoms with Crippen LogP contribution in [0, 0.1) is 13.8 Å². The van der Waals surface area contributed by atoms with Gasteiger partial charge >= 0.3 is 0 Å². The van der Waals surface area contributed by atoms with Crippen molar-refractivity contribution >= 4 is 16.9 Å². The zero-order chi connectivity index (χ0) is 15.6. The minimum atomic E-state index is -0.143. The molecule has 0 aliphatic heterocycles. The van der Waals surface area contributed by atoms with E-state index in [0.29, 0.717) is 17.8 Å². The molecule has 112 valence electrons. The molecule has 1 N–H and O–H groups in total. The van der Waals surface area contributed by atoms with Crippen LogP contribution < -0.4 is 0 Å². The lowest BCUT2D eigenvalue weighted by Gasteiger charge is -2.20. The molecule has 1 amide bonds. The highest BCUT2D eigenvalue weighted by molar-refractivity contribution is 6.06. The first kappa shape index (κ1) is 15.2. The molecule has 2 aromatic rings. The van der Waals surface area contributed by atoms with Gasteiger partial charge < -0.3 is 10.0 Å². The fraction of sp³-hybridized carbons (Fsp3) is 0.400. The zero-order valence-electron chi connectivity index (χ0n) is 12.6. The van der Waals surface area contributed by atoms with Crippen LogP contribution in [0.5, 0.6) is 0 Å². The molecule has 2 rings (SSSR count). The van der Waals surface area contributed by atoms with E-state index in [0.717, 1.165) is 16.8 Å². The van der Waals surface area contributed by atoms with Crippen LogP contribution in [0.2, 0.25) is 0 Å². The van der Waals surface area contributed by atoms with E-state index in [4.69, 9.17) is 5.11 Å². The summed E-state index contributed by atoms with van der Waals surface area (Å²) < 4.78 is 1.68. The topological polar surface area (TPSA) is 71.2 Å². The lowest BCUT2D eigenvalue weighted by molar-refractivity contribution is 0.0744. The van der Waals surface area contributed by atoms with Crippen molar-refractivity contribution in [3.05, 3.63) is 35.7 Å². The molecule has 0 aliphatic rings. The van der Waals surface area contributed by atoms with Gasteiger partial charge in [0.25, 0.3) is 5.91 Å². The van der Waals surface area contributed by atoms with Crippen molar-refractivity contribution < 1.29 is 9.90 Å². The molecule has 0 atom stereocenters. The second-order valence-electron chi connectivity index (χ2n) is 4.98. The summed E-state index contributed by atoms with van der Waals surface area (Å²) in [6.07, 6.45) is 1.65. The minimum Gasteiger partial charge on any atom is -0.395 e. The number of aliphatic hydroxyl groups excluding tert-OH is 1. The van der Waals surface area contributed by atoms with Crippen LogP contribution in [0.1, 0.15) is 21.7 Å². The monoisotopic (exact) mass is 288 g/mol. The fourth-order valence-electron chi connectivity index (χ4n) is 2.46. The van der Waals surface area contributed by atoms with Crippen molar-refractivity contribution in [3.63, 3.8) is 0 Å². The molecule has 0 aromatic carbocycles. The third-order valence-corrected chi connectivity index (χ3v) is 3.33. The van der Waals surface area contributed by atoms with E-state index in [2.05, 4.69) is 16.7 Å². The molecule has 2 aromatic heterocycles. The van der Waals surface area contributed by atoms with Gasteiger partial charge in [-0.05, 0) is 19.9 Å². The molecule has 0 spiro atoms. The van der Waals surface area contributed by atoms with Crippen molar-refractivity contribution in [2.45, 2.75) is 13.8 Å². The SMILES string of the molecule is C=CCN(CCO)C(=O)c1cc(C)nc2c1c(C)nn2C. The molecule has 6 nitrogen and oxygen atoms in total. The predicted molar refractivity (Wildman–Crippen MR) is 81.2 cm³/mol. The molecule has 21 heavy (non-hydrogen) atoms. The van der Waals surface area contributed by atoms with E-state index in [-0.39, 0.29) is 19.1 Å². The molecule has 0 saturated carbocycles. The Kier molecular flexibility index (Phi) is 4.37. The van der Waals surface area contributed by atoms with Gasteiger partial charge in [-0.1, -0.05) is 6.08 Å². The van der Waals surface area contributed by atoms with Crippen LogP contribution in [0.25, 0.3) is 11.0 Å². The molecular formula is C15H20N4O2. The van der Waals surface area contributed by atoms with E-state index in [1.807, 2.05) is 20.9 Å². The molecule has 0 saturated heterocycles. The normalized spacial score (nSPS) is 10.9. The summed E-state index contributed by atoms with van der Waals surface area (Å²) >= 11 is 0. The van der Waals surface area contributed by atoms with Crippen molar-refractivity contribution in [1.82, 2.24) is 19.7 Å². The lowest BCUT2D eigenvalue weighted by Crippen LogP contribution is -2.34. The van der Waals surface area contributed by atoms with Crippen LogP contribution in [-0.4, -0.2) is 50.4 Å². The smallest absolute Gasteiger partial charge is 0.255 e. The number of rotatable bonds is 5. The standard InChI is InChI=1S/C15H20N4O2/c1-5-6-19(7-8-20)15(21)12-9-10(2)16-14-13(12)11(3)17-18(14)4/h5,9,20H,1,6-8H2,2-4H3. The second kappa shape index (κ2) is 6.05. The Labute approximate surface area is 123 Å². The number of hydrogen-bond donors (Lipinski definition) is 1. The first-order valence-corrected chi connectivity index (χ1v) is 6.81. The Morgan fingerprint density at radius 2 is 2.24 bits per heavy atom. The van der Waals surface area contributed by atoms with E-state index in [1.165, 1.54) is 0 Å². The van der Waals surface area contributed by atoms with Crippen molar-refractivity contribution in [2.75, 3.05) is 19.7 Å². The number of carbonyl (C=O) groups excluding carboxylic acids is 1. The zero-order valence-corrected chi connectivity index (χ0v) is 12.6. The van der Waals surface area contributed by atoms with Crippen molar-refractivity contribution in [1.29, 1.82) is 0 Å². The number of nitrogens with zero attached hydrogens (tertiary/aromatic N) is 4. The highest BCUT2D eigenvalue weighted by Gasteiger charge is 2.21. The summed E-state index contributed by atoms with van der Waals surface area (Å²) in [5.74, 6) is -0.143. The Bertz CT molecular complexity index is 691. The summed E-state index contributed by atoms with van der Waals surface area (Å²) in [5.41, 5.74) is 2.79. The van der Waals surface area contributed by atoms with Crippen LogP contribution in [0.15, 0.2) is 18.7 Å². The predicted octanol–water partition coefficient (Wildman–Crippen LogP) is 1.21. The highest BCUT2D eigenvalue weighted by Crippen LogP contribution is 2.23. The number of pyridine rings is 1. The molecule has 2 heterocycles. The lowest BCUT2D eigenvalue weighted by atomic mass is 10.1. The molecule has 0 bridgehead atoms. The number of carbonyl (C=O) groups is 1. The first-order valence-electron chi connectivity index (χ1n) is 6.81. The minimum absolute atomic E-state index is 0.0845. The maximum Gasteiger partial charge on any atom is 0.255 e. The Morgan fingerprint density at radius 3 is 2.86 bits per heavy atom. The van der Waals surface area contributed by atoms with E-state index >= 15 is 0 Å². The van der Waals surface area contributed by atoms with Gasteiger partial charge in [-0.2, -0.15) is 5.10 Å². The summed E-state index contributed by atoms with van der Waals surface area (Å²) in [5, 5.41) is 14.2. The number of fused-ring (bicyclic) bond motifs is 1. The van der Waals surface area contributed by atoms with Crippen LogP contribution in [-0.2, 0) is 7.05 Å². The van der Waals surface area contributed by atoms with Crippen molar-refractivity contribution in [3.8, 4) is 0 Å². The quantitative estimate of drug-likeness (QED) is 0.839. The first-order chi connectivity index (χ1) is 9.99. The van der Waals surface area contributed by atoms with Gasteiger partial charge in [0, 0.05) is 25.8 Å². The number of amides is 1. The van der Waals surface area contributed by atoms with Gasteiger partial charge in [0.2, 0.25) is 0 Å². The van der Waals surface area contributed by atoms with Gasteiger partial charge in [0.15, 0.2) is 5.65 Å². The molecule has 0 fully saturated rings. The van der Waals surface area contributed by atoms with Crippen molar-refractivity contribution in [2.24, 2.45) is 7.05 Å². The fourth-order valence-corrected chi connectivity index (χ4v) is 2.46. The van der Waals surface area contributed by atoms with E-state index in [9.17, 15) is 4.79 Å². The Morgan fingerprint density at radius 1 is 1.52 bits per heavy atom. The molecule has 0 aliphatic carbocycles. The van der Waals surface area contributed by atoms with Gasteiger partial charge in [0.1, 0.15) is 0 Å². The van der Waals surface area contributed by atoms with Crippen LogP contribution >= 0.6 is 0 Å². The third-order valence-electron chi connectivity index (χ3n) is 3.33. The molecular weight excluding hydrogens is 268 g/mol. The molecule has 6 heteroatoms. The maximum absolute atomic E-state index is 12.8. The number of aliphatic hydroxyl groups is 1. The summed E-state index contributed by atoms with van der Waals surface area (Å²) in [6.45, 7) is 7.94. The average Bonchev–Trinajstić information content (AvgIpc) is 2.72. The average molecular weight is 288 g/mol. The summed E-state index contributed by atoms with van der Waals surface area (Å²) in [4.78, 5) is 18.8. The Hall–Kier alpha value is -2.21. The summed E-state index contributed by atoms with van der Waals surface area (Å²) in [6, 6.07) is 1.77. The van der Waals surface area contributed by atoms with Gasteiger partial charge in [-0.3, -0.25) is 9.48 Å². The largest absolute Gasteiger partial charge is 0.395 e. The van der Waals surface area contributed by atoms with Gasteiger partial charge in [-0.15, -0.1) is 6.58 Å². The second-order valence-corrected chi connectivity index (χ2v) is 4.98. The van der Waals surface area contributed by atoms with E-state index < -0.39 is 0 Å². The maximum atomic E-state index is 12.8.